The molecule has 0 unspecified atom stereocenters. The molecule has 0 saturated carbocycles. The third kappa shape index (κ3) is 3.46. The summed E-state index contributed by atoms with van der Waals surface area (Å²) in [4.78, 5) is 11.9. The third-order valence-electron chi connectivity index (χ3n) is 3.05. The molecule has 1 aliphatic heterocycles. The molecule has 1 aliphatic rings. The molecule has 1 aromatic heterocycles. The molecule has 2 heterocycles. The zero-order chi connectivity index (χ0) is 13.0. The lowest BCUT2D eigenvalue weighted by Gasteiger charge is -2.15. The molecule has 100 valence electrons. The number of carbonyl (C=O) groups is 1. The highest BCUT2D eigenvalue weighted by molar-refractivity contribution is 5.89. The summed E-state index contributed by atoms with van der Waals surface area (Å²) in [6.07, 6.45) is 4.64. The maximum atomic E-state index is 11.9. The van der Waals surface area contributed by atoms with E-state index in [4.69, 9.17) is 4.74 Å². The van der Waals surface area contributed by atoms with Gasteiger partial charge in [0.05, 0.1) is 11.4 Å². The molecular formula is C12H20N4O2. The molecule has 1 fully saturated rings. The van der Waals surface area contributed by atoms with Crippen molar-refractivity contribution in [3.8, 4) is 0 Å². The fourth-order valence-electron chi connectivity index (χ4n) is 2.11. The van der Waals surface area contributed by atoms with E-state index < -0.39 is 0 Å². The van der Waals surface area contributed by atoms with E-state index >= 15 is 0 Å². The topological polar surface area (TPSA) is 68.2 Å². The lowest BCUT2D eigenvalue weighted by Crippen LogP contribution is -2.38. The van der Waals surface area contributed by atoms with E-state index in [0.717, 1.165) is 43.9 Å². The van der Waals surface area contributed by atoms with Crippen LogP contribution in [0, 0.1) is 6.92 Å². The second-order valence-electron chi connectivity index (χ2n) is 4.64. The van der Waals surface area contributed by atoms with Gasteiger partial charge in [-0.3, -0.25) is 4.68 Å². The monoisotopic (exact) mass is 252 g/mol. The van der Waals surface area contributed by atoms with Crippen LogP contribution in [0.1, 0.15) is 25.0 Å². The number of aryl methyl sites for hydroxylation is 2. The van der Waals surface area contributed by atoms with Crippen LogP contribution < -0.4 is 10.6 Å². The summed E-state index contributed by atoms with van der Waals surface area (Å²) in [5, 5.41) is 9.98. The van der Waals surface area contributed by atoms with Crippen molar-refractivity contribution in [2.75, 3.05) is 18.5 Å². The quantitative estimate of drug-likeness (QED) is 0.836. The van der Waals surface area contributed by atoms with Gasteiger partial charge in [-0.05, 0) is 26.2 Å². The van der Waals surface area contributed by atoms with E-state index in [9.17, 15) is 4.79 Å². The number of anilines is 1. The Morgan fingerprint density at radius 3 is 3.06 bits per heavy atom. The van der Waals surface area contributed by atoms with Crippen LogP contribution in [-0.2, 0) is 11.8 Å². The highest BCUT2D eigenvalue weighted by Gasteiger charge is 2.15. The van der Waals surface area contributed by atoms with E-state index in [1.807, 2.05) is 14.0 Å². The van der Waals surface area contributed by atoms with Gasteiger partial charge in [0.15, 0.2) is 0 Å². The van der Waals surface area contributed by atoms with Gasteiger partial charge < -0.3 is 15.4 Å². The summed E-state index contributed by atoms with van der Waals surface area (Å²) in [6.45, 7) is 3.38. The Labute approximate surface area is 107 Å². The maximum absolute atomic E-state index is 11.9. The van der Waals surface area contributed by atoms with Crippen LogP contribution in [-0.4, -0.2) is 35.1 Å². The molecule has 1 atom stereocenters. The average molecular weight is 252 g/mol. The first kappa shape index (κ1) is 12.9. The van der Waals surface area contributed by atoms with Gasteiger partial charge in [0.25, 0.3) is 0 Å². The summed E-state index contributed by atoms with van der Waals surface area (Å²) in [7, 11) is 1.83. The van der Waals surface area contributed by atoms with Gasteiger partial charge >= 0.3 is 6.03 Å². The Hall–Kier alpha value is -1.56. The molecule has 2 N–H and O–H groups in total. The van der Waals surface area contributed by atoms with Crippen molar-refractivity contribution in [1.29, 1.82) is 0 Å². The number of rotatable bonds is 2. The van der Waals surface area contributed by atoms with Crippen LogP contribution >= 0.6 is 0 Å². The minimum absolute atomic E-state index is 0.169. The van der Waals surface area contributed by atoms with Crippen LogP contribution in [0.3, 0.4) is 0 Å². The number of urea groups is 1. The summed E-state index contributed by atoms with van der Waals surface area (Å²) < 4.78 is 7.05. The van der Waals surface area contributed by atoms with Gasteiger partial charge in [-0.15, -0.1) is 0 Å². The van der Waals surface area contributed by atoms with Gasteiger partial charge in [-0.25, -0.2) is 4.79 Å². The minimum Gasteiger partial charge on any atom is -0.381 e. The number of carbonyl (C=O) groups excluding carboxylic acids is 1. The van der Waals surface area contributed by atoms with Crippen molar-refractivity contribution >= 4 is 11.7 Å². The van der Waals surface area contributed by atoms with Crippen molar-refractivity contribution in [2.45, 2.75) is 32.2 Å². The van der Waals surface area contributed by atoms with Crippen LogP contribution in [0.15, 0.2) is 6.20 Å². The minimum atomic E-state index is -0.169. The summed E-state index contributed by atoms with van der Waals surface area (Å²) in [5.41, 5.74) is 1.57. The number of ether oxygens (including phenoxy) is 1. The van der Waals surface area contributed by atoms with E-state index in [1.165, 1.54) is 0 Å². The normalized spacial score (nSPS) is 20.2. The average Bonchev–Trinajstić information content (AvgIpc) is 2.54. The first-order chi connectivity index (χ1) is 8.65. The predicted molar refractivity (Wildman–Crippen MR) is 68.6 cm³/mol. The van der Waals surface area contributed by atoms with E-state index in [-0.39, 0.29) is 12.1 Å². The van der Waals surface area contributed by atoms with Crippen molar-refractivity contribution in [3.63, 3.8) is 0 Å². The number of hydrogen-bond acceptors (Lipinski definition) is 3. The van der Waals surface area contributed by atoms with Gasteiger partial charge in [-0.1, -0.05) is 0 Å². The molecule has 0 bridgehead atoms. The molecule has 1 aromatic rings. The molecule has 0 aromatic carbocycles. The third-order valence-corrected chi connectivity index (χ3v) is 3.05. The van der Waals surface area contributed by atoms with E-state index in [0.29, 0.717) is 0 Å². The zero-order valence-corrected chi connectivity index (χ0v) is 10.9. The maximum Gasteiger partial charge on any atom is 0.319 e. The molecule has 0 aliphatic carbocycles. The molecule has 2 rings (SSSR count). The smallest absolute Gasteiger partial charge is 0.319 e. The lowest BCUT2D eigenvalue weighted by molar-refractivity contribution is 0.143. The van der Waals surface area contributed by atoms with Crippen molar-refractivity contribution in [1.82, 2.24) is 15.1 Å². The molecule has 2 amide bonds. The number of hydrogen-bond donors (Lipinski definition) is 2. The molecule has 18 heavy (non-hydrogen) atoms. The first-order valence-electron chi connectivity index (χ1n) is 6.30. The fourth-order valence-corrected chi connectivity index (χ4v) is 2.11. The van der Waals surface area contributed by atoms with Crippen molar-refractivity contribution in [2.24, 2.45) is 7.05 Å². The Morgan fingerprint density at radius 1 is 1.50 bits per heavy atom. The fraction of sp³-hybridized carbons (Fsp3) is 0.667. The predicted octanol–water partition coefficient (Wildman–Crippen LogP) is 1.42. The highest BCUT2D eigenvalue weighted by atomic mass is 16.5. The SMILES string of the molecule is Cc1nn(C)cc1NC(=O)N[C@H]1CCCOCC1. The molecule has 6 heteroatoms. The molecule has 6 nitrogen and oxygen atoms in total. The van der Waals surface area contributed by atoms with E-state index in [1.54, 1.807) is 10.9 Å². The van der Waals surface area contributed by atoms with Gasteiger partial charge in [0, 0.05) is 32.5 Å². The van der Waals surface area contributed by atoms with Crippen LogP contribution in [0.4, 0.5) is 10.5 Å². The lowest BCUT2D eigenvalue weighted by atomic mass is 10.1. The second kappa shape index (κ2) is 5.86. The molecular weight excluding hydrogens is 232 g/mol. The number of amides is 2. The Bertz CT molecular complexity index is 408. The van der Waals surface area contributed by atoms with E-state index in [2.05, 4.69) is 15.7 Å². The first-order valence-corrected chi connectivity index (χ1v) is 6.30. The van der Waals surface area contributed by atoms with Gasteiger partial charge in [0.2, 0.25) is 0 Å². The second-order valence-corrected chi connectivity index (χ2v) is 4.64. The number of nitrogens with one attached hydrogen (secondary N) is 2. The zero-order valence-electron chi connectivity index (χ0n) is 10.9. The van der Waals surface area contributed by atoms with Crippen LogP contribution in [0.2, 0.25) is 0 Å². The van der Waals surface area contributed by atoms with Gasteiger partial charge in [0.1, 0.15) is 0 Å². The Kier molecular flexibility index (Phi) is 4.19. The van der Waals surface area contributed by atoms with Crippen LogP contribution in [0.5, 0.6) is 0 Å². The Morgan fingerprint density at radius 2 is 2.33 bits per heavy atom. The standard InChI is InChI=1S/C12H20N4O2/c1-9-11(8-16(2)15-9)14-12(17)13-10-4-3-6-18-7-5-10/h8,10H,3-7H2,1-2H3,(H2,13,14,17)/t10-/m0/s1. The van der Waals surface area contributed by atoms with Crippen LogP contribution in [0.25, 0.3) is 0 Å². The molecule has 1 saturated heterocycles. The largest absolute Gasteiger partial charge is 0.381 e. The molecule has 0 spiro atoms. The summed E-state index contributed by atoms with van der Waals surface area (Å²) >= 11 is 0. The van der Waals surface area contributed by atoms with Crippen molar-refractivity contribution in [3.05, 3.63) is 11.9 Å². The summed E-state index contributed by atoms with van der Waals surface area (Å²) in [6, 6.07) is 0.0301. The number of aromatic nitrogens is 2. The number of nitrogens with zero attached hydrogens (tertiary/aromatic N) is 2. The summed E-state index contributed by atoms with van der Waals surface area (Å²) in [5.74, 6) is 0. The highest BCUT2D eigenvalue weighted by Crippen LogP contribution is 2.12. The molecule has 0 radical (unpaired) electrons. The van der Waals surface area contributed by atoms with Crippen molar-refractivity contribution < 1.29 is 9.53 Å². The van der Waals surface area contributed by atoms with Gasteiger partial charge in [-0.2, -0.15) is 5.10 Å². The Balaban J connectivity index is 1.86.